The normalized spacial score (nSPS) is 15.7. The van der Waals surface area contributed by atoms with Crippen molar-refractivity contribution in [1.29, 1.82) is 0 Å². The number of hydrogen-bond acceptors (Lipinski definition) is 4. The molecule has 0 amide bonds. The summed E-state index contributed by atoms with van der Waals surface area (Å²) in [5, 5.41) is 10.3. The van der Waals surface area contributed by atoms with Gasteiger partial charge in [0, 0.05) is 29.7 Å². The van der Waals surface area contributed by atoms with E-state index < -0.39 is 0 Å². The van der Waals surface area contributed by atoms with Crippen LogP contribution in [0.3, 0.4) is 0 Å². The molecule has 25 heavy (non-hydrogen) atoms. The molecule has 5 nitrogen and oxygen atoms in total. The lowest BCUT2D eigenvalue weighted by atomic mass is 9.95. The molecule has 0 saturated heterocycles. The molecule has 1 aliphatic carbocycles. The lowest BCUT2D eigenvalue weighted by molar-refractivity contribution is 0.282. The first kappa shape index (κ1) is 16.1. The number of benzene rings is 1. The monoisotopic (exact) mass is 336 g/mol. The molecule has 1 fully saturated rings. The van der Waals surface area contributed by atoms with E-state index in [1.807, 2.05) is 18.3 Å². The van der Waals surface area contributed by atoms with E-state index >= 15 is 0 Å². The van der Waals surface area contributed by atoms with Crippen molar-refractivity contribution in [2.45, 2.75) is 51.2 Å². The van der Waals surface area contributed by atoms with Gasteiger partial charge in [0.15, 0.2) is 0 Å². The molecule has 2 aromatic heterocycles. The Hall–Kier alpha value is -2.40. The molecule has 130 valence electrons. The fourth-order valence-electron chi connectivity index (χ4n) is 3.93. The summed E-state index contributed by atoms with van der Waals surface area (Å²) in [6.07, 6.45) is 8.94. The quantitative estimate of drug-likeness (QED) is 0.763. The highest BCUT2D eigenvalue weighted by Crippen LogP contribution is 2.34. The summed E-state index contributed by atoms with van der Waals surface area (Å²) in [5.74, 6) is 0.335. The van der Waals surface area contributed by atoms with E-state index in [-0.39, 0.29) is 6.61 Å². The lowest BCUT2D eigenvalue weighted by Gasteiger charge is -2.26. The van der Waals surface area contributed by atoms with E-state index in [1.165, 1.54) is 43.4 Å². The highest BCUT2D eigenvalue weighted by atomic mass is 16.3. The van der Waals surface area contributed by atoms with Gasteiger partial charge in [-0.1, -0.05) is 43.5 Å². The molecule has 1 aliphatic rings. The van der Waals surface area contributed by atoms with Gasteiger partial charge >= 0.3 is 0 Å². The summed E-state index contributed by atoms with van der Waals surface area (Å²) in [6.45, 7) is 0.0808. The molecule has 0 bridgehead atoms. The Morgan fingerprint density at radius 1 is 1.08 bits per heavy atom. The van der Waals surface area contributed by atoms with Crippen LogP contribution >= 0.6 is 0 Å². The maximum absolute atomic E-state index is 9.22. The van der Waals surface area contributed by atoms with Gasteiger partial charge < -0.3 is 15.4 Å². The first-order valence-electron chi connectivity index (χ1n) is 9.05. The van der Waals surface area contributed by atoms with Gasteiger partial charge in [0.2, 0.25) is 5.95 Å². The van der Waals surface area contributed by atoms with Crippen molar-refractivity contribution in [3.05, 3.63) is 53.3 Å². The van der Waals surface area contributed by atoms with Crippen LogP contribution in [0.15, 0.2) is 36.5 Å². The first-order valence-corrected chi connectivity index (χ1v) is 9.05. The zero-order chi connectivity index (χ0) is 17.2. The topological polar surface area (TPSA) is 77.0 Å². The second-order valence-electron chi connectivity index (χ2n) is 6.96. The van der Waals surface area contributed by atoms with Crippen LogP contribution in [0, 0.1) is 0 Å². The van der Waals surface area contributed by atoms with Crippen molar-refractivity contribution < 1.29 is 5.11 Å². The molecule has 0 unspecified atom stereocenters. The first-order chi connectivity index (χ1) is 12.2. The van der Waals surface area contributed by atoms with Gasteiger partial charge in [0.05, 0.1) is 6.61 Å². The van der Waals surface area contributed by atoms with Crippen LogP contribution in [0.4, 0.5) is 5.95 Å². The Morgan fingerprint density at radius 3 is 2.52 bits per heavy atom. The van der Waals surface area contributed by atoms with Gasteiger partial charge in [-0.15, -0.1) is 0 Å². The summed E-state index contributed by atoms with van der Waals surface area (Å²) >= 11 is 0. The highest BCUT2D eigenvalue weighted by molar-refractivity contribution is 5.78. The standard InChI is InChI=1S/C20H24N4O/c21-20-22-12-16-11-18(10-14-6-8-15(13-25)9-7-14)24(19(16)23-20)17-4-2-1-3-5-17/h6-9,11-12,17,25H,1-5,10,13H2,(H2,21,22,23). The number of aliphatic hydroxyl groups is 1. The van der Waals surface area contributed by atoms with E-state index in [1.54, 1.807) is 0 Å². The van der Waals surface area contributed by atoms with Gasteiger partial charge in [-0.2, -0.15) is 4.98 Å². The number of rotatable bonds is 4. The number of fused-ring (bicyclic) bond motifs is 1. The number of nitrogens with two attached hydrogens (primary N) is 1. The minimum absolute atomic E-state index is 0.0808. The second kappa shape index (κ2) is 6.84. The predicted octanol–water partition coefficient (Wildman–Crippen LogP) is 3.60. The Balaban J connectivity index is 1.75. The Bertz CT molecular complexity index is 863. The third-order valence-corrected chi connectivity index (χ3v) is 5.20. The third kappa shape index (κ3) is 3.24. The predicted molar refractivity (Wildman–Crippen MR) is 99.2 cm³/mol. The number of aromatic nitrogens is 3. The van der Waals surface area contributed by atoms with Crippen LogP contribution in [0.5, 0.6) is 0 Å². The maximum atomic E-state index is 9.22. The largest absolute Gasteiger partial charge is 0.392 e. The lowest BCUT2D eigenvalue weighted by Crippen LogP contribution is -2.16. The van der Waals surface area contributed by atoms with Crippen LogP contribution in [-0.2, 0) is 13.0 Å². The molecule has 3 aromatic rings. The molecule has 3 N–H and O–H groups in total. The number of anilines is 1. The SMILES string of the molecule is Nc1ncc2cc(Cc3ccc(CO)cc3)n(C3CCCCC3)c2n1. The third-order valence-electron chi connectivity index (χ3n) is 5.20. The molecule has 0 spiro atoms. The molecule has 1 aromatic carbocycles. The van der Waals surface area contributed by atoms with Crippen LogP contribution in [-0.4, -0.2) is 19.6 Å². The summed E-state index contributed by atoms with van der Waals surface area (Å²) in [5.41, 5.74) is 10.3. The number of nitrogens with zero attached hydrogens (tertiary/aromatic N) is 3. The Labute approximate surface area is 147 Å². The van der Waals surface area contributed by atoms with Crippen molar-refractivity contribution in [2.24, 2.45) is 0 Å². The molecular weight excluding hydrogens is 312 g/mol. The fraction of sp³-hybridized carbons (Fsp3) is 0.400. The average Bonchev–Trinajstić information content (AvgIpc) is 3.00. The summed E-state index contributed by atoms with van der Waals surface area (Å²) in [6, 6.07) is 10.8. The minimum Gasteiger partial charge on any atom is -0.392 e. The van der Waals surface area contributed by atoms with E-state index in [4.69, 9.17) is 5.73 Å². The van der Waals surface area contributed by atoms with Gasteiger partial charge in [0.25, 0.3) is 0 Å². The molecule has 0 aliphatic heterocycles. The van der Waals surface area contributed by atoms with Crippen molar-refractivity contribution in [3.8, 4) is 0 Å². The zero-order valence-corrected chi connectivity index (χ0v) is 14.4. The van der Waals surface area contributed by atoms with Crippen LogP contribution in [0.25, 0.3) is 11.0 Å². The van der Waals surface area contributed by atoms with Gasteiger partial charge in [-0.25, -0.2) is 4.98 Å². The molecular formula is C20H24N4O. The van der Waals surface area contributed by atoms with Crippen molar-refractivity contribution in [1.82, 2.24) is 14.5 Å². The van der Waals surface area contributed by atoms with Crippen LogP contribution in [0.2, 0.25) is 0 Å². The smallest absolute Gasteiger partial charge is 0.221 e. The van der Waals surface area contributed by atoms with Crippen molar-refractivity contribution >= 4 is 17.0 Å². The molecule has 4 rings (SSSR count). The van der Waals surface area contributed by atoms with E-state index in [0.29, 0.717) is 12.0 Å². The van der Waals surface area contributed by atoms with Gasteiger partial charge in [-0.05, 0) is 30.0 Å². The fourth-order valence-corrected chi connectivity index (χ4v) is 3.93. The Morgan fingerprint density at radius 2 is 1.80 bits per heavy atom. The summed E-state index contributed by atoms with van der Waals surface area (Å²) < 4.78 is 2.40. The van der Waals surface area contributed by atoms with Crippen LogP contribution < -0.4 is 5.73 Å². The van der Waals surface area contributed by atoms with E-state index in [0.717, 1.165) is 23.0 Å². The summed E-state index contributed by atoms with van der Waals surface area (Å²) in [7, 11) is 0. The molecule has 5 heteroatoms. The van der Waals surface area contributed by atoms with Gasteiger partial charge in [-0.3, -0.25) is 0 Å². The van der Waals surface area contributed by atoms with Crippen molar-refractivity contribution in [3.63, 3.8) is 0 Å². The minimum atomic E-state index is 0.0808. The number of nitrogen functional groups attached to an aromatic ring is 1. The molecule has 2 heterocycles. The highest BCUT2D eigenvalue weighted by Gasteiger charge is 2.21. The van der Waals surface area contributed by atoms with Gasteiger partial charge in [0.1, 0.15) is 5.65 Å². The zero-order valence-electron chi connectivity index (χ0n) is 14.4. The second-order valence-corrected chi connectivity index (χ2v) is 6.96. The average molecular weight is 336 g/mol. The van der Waals surface area contributed by atoms with E-state index in [9.17, 15) is 5.11 Å². The van der Waals surface area contributed by atoms with Crippen LogP contribution in [0.1, 0.15) is 55.0 Å². The van der Waals surface area contributed by atoms with Crippen molar-refractivity contribution in [2.75, 3.05) is 5.73 Å². The number of hydrogen-bond donors (Lipinski definition) is 2. The molecule has 1 saturated carbocycles. The Kier molecular flexibility index (Phi) is 4.40. The van der Waals surface area contributed by atoms with E-state index in [2.05, 4.69) is 32.7 Å². The molecule has 0 atom stereocenters. The number of aliphatic hydroxyl groups excluding tert-OH is 1. The molecule has 0 radical (unpaired) electrons. The maximum Gasteiger partial charge on any atom is 0.221 e. The summed E-state index contributed by atoms with van der Waals surface area (Å²) in [4.78, 5) is 8.70.